The van der Waals surface area contributed by atoms with Gasteiger partial charge in [0.1, 0.15) is 11.7 Å². The molecule has 1 fully saturated rings. The second kappa shape index (κ2) is 4.68. The van der Waals surface area contributed by atoms with E-state index in [0.717, 1.165) is 48.1 Å². The molecular formula is C16H16N2O2. The Kier molecular flexibility index (Phi) is 2.98. The molecule has 1 aromatic carbocycles. The summed E-state index contributed by atoms with van der Waals surface area (Å²) in [5.74, 6) is 0. The molecular weight excluding hydrogens is 252 g/mol. The SMILES string of the molecule is Cc1cc(C)c2oc(=O)c(C#N)c(N3CCCC3)c2c1. The van der Waals surface area contributed by atoms with Gasteiger partial charge in [-0.2, -0.15) is 5.26 Å². The van der Waals surface area contributed by atoms with Gasteiger partial charge >= 0.3 is 5.63 Å². The van der Waals surface area contributed by atoms with Gasteiger partial charge in [0.25, 0.3) is 0 Å². The number of rotatable bonds is 1. The van der Waals surface area contributed by atoms with Gasteiger partial charge in [-0.05, 0) is 43.9 Å². The molecule has 0 unspecified atom stereocenters. The smallest absolute Gasteiger partial charge is 0.356 e. The van der Waals surface area contributed by atoms with Crippen molar-refractivity contribution in [1.82, 2.24) is 0 Å². The molecule has 0 N–H and O–H groups in total. The summed E-state index contributed by atoms with van der Waals surface area (Å²) in [6.45, 7) is 5.72. The first kappa shape index (κ1) is 12.7. The van der Waals surface area contributed by atoms with Gasteiger partial charge in [-0.15, -0.1) is 0 Å². The van der Waals surface area contributed by atoms with Crippen molar-refractivity contribution >= 4 is 16.7 Å². The summed E-state index contributed by atoms with van der Waals surface area (Å²) in [6, 6.07) is 6.01. The number of nitrogens with zero attached hydrogens (tertiary/aromatic N) is 2. The van der Waals surface area contributed by atoms with Crippen molar-refractivity contribution < 1.29 is 4.42 Å². The standard InChI is InChI=1S/C16H16N2O2/c1-10-7-11(2)15-12(8-10)14(18-5-3-4-6-18)13(9-17)16(19)20-15/h7-8H,3-6H2,1-2H3. The number of hydrogen-bond donors (Lipinski definition) is 0. The highest BCUT2D eigenvalue weighted by atomic mass is 16.4. The predicted molar refractivity (Wildman–Crippen MR) is 78.1 cm³/mol. The van der Waals surface area contributed by atoms with Gasteiger partial charge in [0.2, 0.25) is 0 Å². The van der Waals surface area contributed by atoms with E-state index in [2.05, 4.69) is 4.90 Å². The first-order valence-corrected chi connectivity index (χ1v) is 6.85. The van der Waals surface area contributed by atoms with Gasteiger partial charge in [0, 0.05) is 18.5 Å². The minimum atomic E-state index is -0.533. The van der Waals surface area contributed by atoms with Gasteiger partial charge in [-0.1, -0.05) is 6.07 Å². The van der Waals surface area contributed by atoms with E-state index in [9.17, 15) is 10.1 Å². The van der Waals surface area contributed by atoms with E-state index in [1.165, 1.54) is 0 Å². The Morgan fingerprint density at radius 1 is 1.25 bits per heavy atom. The maximum absolute atomic E-state index is 12.1. The summed E-state index contributed by atoms with van der Waals surface area (Å²) in [5.41, 5.74) is 2.98. The highest BCUT2D eigenvalue weighted by molar-refractivity contribution is 5.95. The Hall–Kier alpha value is -2.28. The Labute approximate surface area is 117 Å². The van der Waals surface area contributed by atoms with Crippen LogP contribution in [0.25, 0.3) is 11.0 Å². The fourth-order valence-electron chi connectivity index (χ4n) is 3.01. The van der Waals surface area contributed by atoms with Gasteiger partial charge in [0.15, 0.2) is 5.56 Å². The molecule has 0 amide bonds. The van der Waals surface area contributed by atoms with Crippen LogP contribution in [0.15, 0.2) is 21.3 Å². The van der Waals surface area contributed by atoms with Crippen LogP contribution in [0.4, 0.5) is 5.69 Å². The molecule has 2 heterocycles. The lowest BCUT2D eigenvalue weighted by molar-refractivity contribution is 0.556. The molecule has 0 spiro atoms. The molecule has 0 radical (unpaired) electrons. The van der Waals surface area contributed by atoms with Gasteiger partial charge in [-0.25, -0.2) is 4.79 Å². The van der Waals surface area contributed by atoms with Crippen molar-refractivity contribution in [2.45, 2.75) is 26.7 Å². The summed E-state index contributed by atoms with van der Waals surface area (Å²) in [7, 11) is 0. The second-order valence-electron chi connectivity index (χ2n) is 5.38. The fraction of sp³-hybridized carbons (Fsp3) is 0.375. The second-order valence-corrected chi connectivity index (χ2v) is 5.38. The van der Waals surface area contributed by atoms with Crippen molar-refractivity contribution in [1.29, 1.82) is 5.26 Å². The molecule has 0 saturated carbocycles. The van der Waals surface area contributed by atoms with Crippen LogP contribution in [0.3, 0.4) is 0 Å². The molecule has 0 atom stereocenters. The van der Waals surface area contributed by atoms with E-state index in [-0.39, 0.29) is 5.56 Å². The Morgan fingerprint density at radius 3 is 2.60 bits per heavy atom. The quantitative estimate of drug-likeness (QED) is 0.746. The van der Waals surface area contributed by atoms with Crippen LogP contribution in [-0.4, -0.2) is 13.1 Å². The lowest BCUT2D eigenvalue weighted by Gasteiger charge is -2.21. The first-order chi connectivity index (χ1) is 9.61. The predicted octanol–water partition coefficient (Wildman–Crippen LogP) is 2.88. The third-order valence-corrected chi connectivity index (χ3v) is 3.84. The summed E-state index contributed by atoms with van der Waals surface area (Å²) < 4.78 is 5.36. The molecule has 2 aromatic rings. The van der Waals surface area contributed by atoms with Crippen LogP contribution in [0, 0.1) is 25.2 Å². The summed E-state index contributed by atoms with van der Waals surface area (Å²) in [6.07, 6.45) is 2.19. The van der Waals surface area contributed by atoms with Crippen molar-refractivity contribution in [2.75, 3.05) is 18.0 Å². The fourth-order valence-corrected chi connectivity index (χ4v) is 3.01. The van der Waals surface area contributed by atoms with E-state index < -0.39 is 5.63 Å². The molecule has 3 rings (SSSR count). The van der Waals surface area contributed by atoms with Crippen molar-refractivity contribution in [3.05, 3.63) is 39.2 Å². The zero-order valence-corrected chi connectivity index (χ0v) is 11.7. The van der Waals surface area contributed by atoms with Gasteiger partial charge in [-0.3, -0.25) is 0 Å². The number of aryl methyl sites for hydroxylation is 2. The van der Waals surface area contributed by atoms with Crippen LogP contribution < -0.4 is 10.5 Å². The third kappa shape index (κ3) is 1.87. The maximum atomic E-state index is 12.1. The Balaban J connectivity index is 2.44. The molecule has 20 heavy (non-hydrogen) atoms. The molecule has 1 aliphatic rings. The van der Waals surface area contributed by atoms with E-state index >= 15 is 0 Å². The highest BCUT2D eigenvalue weighted by Crippen LogP contribution is 2.33. The minimum absolute atomic E-state index is 0.129. The third-order valence-electron chi connectivity index (χ3n) is 3.84. The van der Waals surface area contributed by atoms with Crippen molar-refractivity contribution in [3.63, 3.8) is 0 Å². The average Bonchev–Trinajstić information content (AvgIpc) is 2.92. The van der Waals surface area contributed by atoms with E-state index in [4.69, 9.17) is 4.42 Å². The molecule has 0 bridgehead atoms. The lowest BCUT2D eigenvalue weighted by Crippen LogP contribution is -2.22. The van der Waals surface area contributed by atoms with Gasteiger partial charge in [0.05, 0.1) is 5.69 Å². The van der Waals surface area contributed by atoms with Crippen LogP contribution in [0.2, 0.25) is 0 Å². The molecule has 1 saturated heterocycles. The number of nitriles is 1. The molecule has 102 valence electrons. The van der Waals surface area contributed by atoms with Crippen LogP contribution in [0.1, 0.15) is 29.5 Å². The summed E-state index contributed by atoms with van der Waals surface area (Å²) in [4.78, 5) is 14.2. The topological polar surface area (TPSA) is 57.2 Å². The maximum Gasteiger partial charge on any atom is 0.356 e. The Bertz CT molecular complexity index is 778. The lowest BCUT2D eigenvalue weighted by atomic mass is 10.0. The molecule has 1 aromatic heterocycles. The number of hydrogen-bond acceptors (Lipinski definition) is 4. The van der Waals surface area contributed by atoms with Crippen molar-refractivity contribution in [2.24, 2.45) is 0 Å². The zero-order valence-electron chi connectivity index (χ0n) is 11.7. The Morgan fingerprint density at radius 2 is 1.95 bits per heavy atom. The molecule has 1 aliphatic heterocycles. The minimum Gasteiger partial charge on any atom is -0.421 e. The average molecular weight is 268 g/mol. The molecule has 0 aliphatic carbocycles. The first-order valence-electron chi connectivity index (χ1n) is 6.85. The van der Waals surface area contributed by atoms with E-state index in [1.54, 1.807) is 0 Å². The number of anilines is 1. The molecule has 4 nitrogen and oxygen atoms in total. The zero-order chi connectivity index (χ0) is 14.3. The van der Waals surface area contributed by atoms with Crippen molar-refractivity contribution in [3.8, 4) is 6.07 Å². The monoisotopic (exact) mass is 268 g/mol. The van der Waals surface area contributed by atoms with E-state index in [0.29, 0.717) is 5.58 Å². The normalized spacial score (nSPS) is 14.8. The number of fused-ring (bicyclic) bond motifs is 1. The highest BCUT2D eigenvalue weighted by Gasteiger charge is 2.23. The summed E-state index contributed by atoms with van der Waals surface area (Å²) in [5, 5.41) is 10.2. The number of benzene rings is 1. The van der Waals surface area contributed by atoms with E-state index in [1.807, 2.05) is 32.0 Å². The van der Waals surface area contributed by atoms with Gasteiger partial charge < -0.3 is 9.32 Å². The van der Waals surface area contributed by atoms with Crippen LogP contribution in [-0.2, 0) is 0 Å². The summed E-state index contributed by atoms with van der Waals surface area (Å²) >= 11 is 0. The largest absolute Gasteiger partial charge is 0.421 e. The molecule has 4 heteroatoms. The van der Waals surface area contributed by atoms with Crippen LogP contribution in [0.5, 0.6) is 0 Å². The van der Waals surface area contributed by atoms with Crippen LogP contribution >= 0.6 is 0 Å².